The molecule has 1 spiro atoms. The molecule has 4 heterocycles. The number of benzene rings is 8. The molecule has 248 valence electrons. The second-order valence-electron chi connectivity index (χ2n) is 14.1. The highest BCUT2D eigenvalue weighted by Crippen LogP contribution is 2.62. The zero-order chi connectivity index (χ0) is 34.7. The zero-order valence-corrected chi connectivity index (χ0v) is 28.5. The van der Waals surface area contributed by atoms with E-state index in [4.69, 9.17) is 9.47 Å². The first-order valence-electron chi connectivity index (χ1n) is 18.1. The fraction of sp³-hybridized carbons (Fsp3) is 0.0204. The first-order chi connectivity index (χ1) is 26.3. The first kappa shape index (κ1) is 28.6. The van der Waals surface area contributed by atoms with Crippen LogP contribution in [0.3, 0.4) is 0 Å². The summed E-state index contributed by atoms with van der Waals surface area (Å²) in [6.45, 7) is 0. The molecule has 0 saturated heterocycles. The van der Waals surface area contributed by atoms with Gasteiger partial charge in [0.25, 0.3) is 0 Å². The standard InChI is InChI=1S/C49H30N2O2/c1-3-15-31(16-4-1)50-41-23-11-7-19-33(41)35-27-47-39(29-43(35)50)49(37-21-9-13-25-45(37)52-46-26-14-10-22-38(46)49)40-30-44-36(28-48(40)53-47)34-20-8-12-24-42(34)51(44)32-17-5-2-6-18-32/h1-30H. The summed E-state index contributed by atoms with van der Waals surface area (Å²) >= 11 is 0. The molecule has 0 atom stereocenters. The third kappa shape index (κ3) is 3.74. The Bertz CT molecular complexity index is 2910. The van der Waals surface area contributed by atoms with Crippen LogP contribution in [0.5, 0.6) is 23.0 Å². The van der Waals surface area contributed by atoms with E-state index in [1.807, 2.05) is 0 Å². The summed E-state index contributed by atoms with van der Waals surface area (Å²) in [7, 11) is 0. The molecular weight excluding hydrogens is 649 g/mol. The van der Waals surface area contributed by atoms with Crippen molar-refractivity contribution in [2.45, 2.75) is 5.41 Å². The smallest absolute Gasteiger partial charge is 0.133 e. The van der Waals surface area contributed by atoms with Crippen LogP contribution in [0.25, 0.3) is 55.0 Å². The Balaban J connectivity index is 1.28. The third-order valence-electron chi connectivity index (χ3n) is 11.4. The summed E-state index contributed by atoms with van der Waals surface area (Å²) in [5, 5.41) is 4.67. The van der Waals surface area contributed by atoms with Crippen molar-refractivity contribution in [1.29, 1.82) is 0 Å². The maximum atomic E-state index is 7.22. The van der Waals surface area contributed by atoms with E-state index >= 15 is 0 Å². The molecule has 0 fully saturated rings. The van der Waals surface area contributed by atoms with E-state index in [-0.39, 0.29) is 0 Å². The molecular formula is C49H30N2O2. The van der Waals surface area contributed by atoms with E-state index in [0.29, 0.717) is 0 Å². The molecule has 4 heteroatoms. The van der Waals surface area contributed by atoms with Crippen LogP contribution in [0.1, 0.15) is 22.3 Å². The van der Waals surface area contributed by atoms with Crippen LogP contribution < -0.4 is 9.47 Å². The molecule has 0 bridgehead atoms. The molecule has 0 radical (unpaired) electrons. The molecule has 2 aromatic heterocycles. The van der Waals surface area contributed by atoms with Crippen molar-refractivity contribution in [2.24, 2.45) is 0 Å². The van der Waals surface area contributed by atoms with E-state index in [1.54, 1.807) is 0 Å². The lowest BCUT2D eigenvalue weighted by Crippen LogP contribution is -2.36. The molecule has 4 nitrogen and oxygen atoms in total. The largest absolute Gasteiger partial charge is 0.457 e. The minimum absolute atomic E-state index is 0.757. The predicted molar refractivity (Wildman–Crippen MR) is 214 cm³/mol. The van der Waals surface area contributed by atoms with Gasteiger partial charge in [-0.15, -0.1) is 0 Å². The van der Waals surface area contributed by atoms with E-state index in [2.05, 4.69) is 191 Å². The van der Waals surface area contributed by atoms with Gasteiger partial charge in [-0.2, -0.15) is 0 Å². The lowest BCUT2D eigenvalue weighted by Gasteiger charge is -2.45. The molecule has 10 aromatic rings. The number of hydrogen-bond donors (Lipinski definition) is 0. The van der Waals surface area contributed by atoms with Gasteiger partial charge in [0.1, 0.15) is 23.0 Å². The van der Waals surface area contributed by atoms with Crippen molar-refractivity contribution < 1.29 is 9.47 Å². The quantitative estimate of drug-likeness (QED) is 0.182. The van der Waals surface area contributed by atoms with Gasteiger partial charge in [0.2, 0.25) is 0 Å². The topological polar surface area (TPSA) is 28.3 Å². The summed E-state index contributed by atoms with van der Waals surface area (Å²) in [5.41, 5.74) is 10.4. The van der Waals surface area contributed by atoms with Crippen molar-refractivity contribution in [3.8, 4) is 34.4 Å². The Labute approximate surface area is 305 Å². The third-order valence-corrected chi connectivity index (χ3v) is 11.4. The lowest BCUT2D eigenvalue weighted by atomic mass is 9.62. The summed E-state index contributed by atoms with van der Waals surface area (Å²) in [6, 6.07) is 65.1. The monoisotopic (exact) mass is 678 g/mol. The number of hydrogen-bond acceptors (Lipinski definition) is 2. The number of nitrogens with zero attached hydrogens (tertiary/aromatic N) is 2. The van der Waals surface area contributed by atoms with Gasteiger partial charge in [-0.3, -0.25) is 0 Å². The highest BCUT2D eigenvalue weighted by Gasteiger charge is 2.51. The maximum Gasteiger partial charge on any atom is 0.133 e. The van der Waals surface area contributed by atoms with Gasteiger partial charge in [0.15, 0.2) is 0 Å². The van der Waals surface area contributed by atoms with E-state index in [0.717, 1.165) is 89.5 Å². The molecule has 12 rings (SSSR count). The van der Waals surface area contributed by atoms with Crippen molar-refractivity contribution in [3.63, 3.8) is 0 Å². The van der Waals surface area contributed by atoms with Crippen LogP contribution in [-0.2, 0) is 5.41 Å². The van der Waals surface area contributed by atoms with Crippen LogP contribution in [0.15, 0.2) is 182 Å². The molecule has 0 unspecified atom stereocenters. The molecule has 0 saturated carbocycles. The summed E-state index contributed by atoms with van der Waals surface area (Å²) in [5.74, 6) is 3.38. The van der Waals surface area contributed by atoms with Gasteiger partial charge in [-0.05, 0) is 72.8 Å². The summed E-state index contributed by atoms with van der Waals surface area (Å²) in [4.78, 5) is 0. The Morgan fingerprint density at radius 1 is 0.302 bits per heavy atom. The van der Waals surface area contributed by atoms with Crippen LogP contribution >= 0.6 is 0 Å². The SMILES string of the molecule is c1ccc(-n2c3ccccc3c3cc4c(cc32)C2(c3ccccc3Oc3ccccc32)c2cc3c(cc2O4)c2ccccc2n3-c2ccccc2)cc1. The zero-order valence-electron chi connectivity index (χ0n) is 28.5. The number of ether oxygens (including phenoxy) is 2. The van der Waals surface area contributed by atoms with Crippen LogP contribution in [0.2, 0.25) is 0 Å². The molecule has 0 aliphatic carbocycles. The molecule has 2 aliphatic heterocycles. The van der Waals surface area contributed by atoms with Gasteiger partial charge in [0, 0.05) is 55.2 Å². The highest BCUT2D eigenvalue weighted by atomic mass is 16.5. The van der Waals surface area contributed by atoms with Crippen molar-refractivity contribution in [3.05, 3.63) is 204 Å². The lowest BCUT2D eigenvalue weighted by molar-refractivity contribution is 0.400. The molecule has 0 N–H and O–H groups in total. The normalized spacial score (nSPS) is 13.7. The second kappa shape index (κ2) is 10.5. The summed E-state index contributed by atoms with van der Waals surface area (Å²) < 4.78 is 18.7. The average molecular weight is 679 g/mol. The predicted octanol–water partition coefficient (Wildman–Crippen LogP) is 12.5. The van der Waals surface area contributed by atoms with Crippen molar-refractivity contribution >= 4 is 43.6 Å². The average Bonchev–Trinajstić information content (AvgIpc) is 3.72. The van der Waals surface area contributed by atoms with Gasteiger partial charge in [-0.25, -0.2) is 0 Å². The summed E-state index contributed by atoms with van der Waals surface area (Å²) in [6.07, 6.45) is 0. The molecule has 2 aliphatic rings. The van der Waals surface area contributed by atoms with Gasteiger partial charge >= 0.3 is 0 Å². The van der Waals surface area contributed by atoms with Crippen LogP contribution in [0, 0.1) is 0 Å². The van der Waals surface area contributed by atoms with Crippen molar-refractivity contribution in [2.75, 3.05) is 0 Å². The number of rotatable bonds is 2. The van der Waals surface area contributed by atoms with Gasteiger partial charge in [-0.1, -0.05) is 109 Å². The fourth-order valence-electron chi connectivity index (χ4n) is 9.29. The Hall–Kier alpha value is -7.04. The Morgan fingerprint density at radius 2 is 0.698 bits per heavy atom. The molecule has 8 aromatic carbocycles. The van der Waals surface area contributed by atoms with Crippen molar-refractivity contribution in [1.82, 2.24) is 9.13 Å². The molecule has 53 heavy (non-hydrogen) atoms. The Kier molecular flexibility index (Phi) is 5.67. The maximum absolute atomic E-state index is 7.22. The Morgan fingerprint density at radius 3 is 1.19 bits per heavy atom. The fourth-order valence-corrected chi connectivity index (χ4v) is 9.29. The minimum atomic E-state index is -0.757. The van der Waals surface area contributed by atoms with Gasteiger partial charge < -0.3 is 18.6 Å². The number of aromatic nitrogens is 2. The van der Waals surface area contributed by atoms with Gasteiger partial charge in [0.05, 0.1) is 27.5 Å². The minimum Gasteiger partial charge on any atom is -0.457 e. The van der Waals surface area contributed by atoms with E-state index in [1.165, 1.54) is 10.8 Å². The van der Waals surface area contributed by atoms with Crippen LogP contribution in [-0.4, -0.2) is 9.13 Å². The van der Waals surface area contributed by atoms with E-state index < -0.39 is 5.41 Å². The molecule has 0 amide bonds. The highest BCUT2D eigenvalue weighted by molar-refractivity contribution is 6.12. The second-order valence-corrected chi connectivity index (χ2v) is 14.1. The van der Waals surface area contributed by atoms with Crippen LogP contribution in [0.4, 0.5) is 0 Å². The number of fused-ring (bicyclic) bond motifs is 14. The number of para-hydroxylation sites is 6. The first-order valence-corrected chi connectivity index (χ1v) is 18.1. The van der Waals surface area contributed by atoms with E-state index in [9.17, 15) is 0 Å².